The van der Waals surface area contributed by atoms with Crippen LogP contribution in [0.15, 0.2) is 35.6 Å². The lowest BCUT2D eigenvalue weighted by molar-refractivity contribution is -0.136. The number of ether oxygens (including phenoxy) is 2. The highest BCUT2D eigenvalue weighted by atomic mass is 16.5. The van der Waals surface area contributed by atoms with Crippen LogP contribution in [0, 0.1) is 11.3 Å². The van der Waals surface area contributed by atoms with E-state index in [1.807, 2.05) is 6.07 Å². The number of methoxy groups -OCH3 is 1. The van der Waals surface area contributed by atoms with Crippen LogP contribution in [0.2, 0.25) is 0 Å². The summed E-state index contributed by atoms with van der Waals surface area (Å²) in [7, 11) is 1.35. The van der Waals surface area contributed by atoms with Crippen molar-refractivity contribution in [2.24, 2.45) is 0 Å². The molecule has 1 saturated heterocycles. The number of allylic oxidation sites excluding steroid dienone is 1. The molecule has 2 aliphatic rings. The number of aromatic nitrogens is 2. The molecule has 142 valence electrons. The van der Waals surface area contributed by atoms with Gasteiger partial charge in [-0.3, -0.25) is 0 Å². The summed E-state index contributed by atoms with van der Waals surface area (Å²) >= 11 is 0. The van der Waals surface area contributed by atoms with Gasteiger partial charge in [-0.25, -0.2) is 14.8 Å². The monoisotopic (exact) mass is 371 g/mol. The quantitative estimate of drug-likeness (QED) is 0.471. The number of nitriles is 1. The van der Waals surface area contributed by atoms with Crippen molar-refractivity contribution < 1.29 is 14.3 Å². The SMILES string of the molecule is COC(=O)C1=C(NC[C@H]2CNCCO2)C=C(Nc2cnc(C#N)cn2)NC1. The molecule has 1 aromatic heterocycles. The Balaban J connectivity index is 1.72. The Morgan fingerprint density at radius 3 is 3.04 bits per heavy atom. The predicted octanol–water partition coefficient (Wildman–Crippen LogP) is -0.790. The maximum absolute atomic E-state index is 12.1. The summed E-state index contributed by atoms with van der Waals surface area (Å²) in [4.78, 5) is 20.2. The van der Waals surface area contributed by atoms with Gasteiger partial charge in [0.25, 0.3) is 0 Å². The Morgan fingerprint density at radius 2 is 2.37 bits per heavy atom. The number of carbonyl (C=O) groups is 1. The Morgan fingerprint density at radius 1 is 1.48 bits per heavy atom. The minimum Gasteiger partial charge on any atom is -0.466 e. The molecule has 10 nitrogen and oxygen atoms in total. The van der Waals surface area contributed by atoms with E-state index >= 15 is 0 Å². The van der Waals surface area contributed by atoms with Crippen LogP contribution in [-0.4, -0.2) is 61.9 Å². The smallest absolute Gasteiger partial charge is 0.337 e. The summed E-state index contributed by atoms with van der Waals surface area (Å²) < 4.78 is 10.5. The first kappa shape index (κ1) is 18.6. The van der Waals surface area contributed by atoms with Crippen LogP contribution >= 0.6 is 0 Å². The van der Waals surface area contributed by atoms with Gasteiger partial charge in [0.05, 0.1) is 50.0 Å². The zero-order valence-corrected chi connectivity index (χ0v) is 14.9. The lowest BCUT2D eigenvalue weighted by atomic mass is 10.1. The van der Waals surface area contributed by atoms with E-state index in [2.05, 4.69) is 31.2 Å². The van der Waals surface area contributed by atoms with E-state index in [0.29, 0.717) is 42.6 Å². The fourth-order valence-corrected chi connectivity index (χ4v) is 2.67. The molecule has 3 heterocycles. The van der Waals surface area contributed by atoms with Crippen LogP contribution in [0.5, 0.6) is 0 Å². The van der Waals surface area contributed by atoms with Gasteiger partial charge in [-0.15, -0.1) is 0 Å². The standard InChI is InChI=1S/C17H21N7O3/c1-26-17(25)13-9-23-15(24-16-10-20-11(5-18)6-22-16)4-14(13)21-8-12-7-19-2-3-27-12/h4,6,10,12,19,21,23H,2-3,7-9H2,1H3,(H,22,24)/t12-/m1/s1. The first-order chi connectivity index (χ1) is 13.2. The molecule has 0 radical (unpaired) electrons. The largest absolute Gasteiger partial charge is 0.466 e. The van der Waals surface area contributed by atoms with Crippen LogP contribution in [0.25, 0.3) is 0 Å². The molecule has 0 spiro atoms. The number of morpholine rings is 1. The maximum Gasteiger partial charge on any atom is 0.337 e. The first-order valence-corrected chi connectivity index (χ1v) is 8.52. The van der Waals surface area contributed by atoms with Crippen molar-refractivity contribution in [2.45, 2.75) is 6.10 Å². The number of hydrogen-bond acceptors (Lipinski definition) is 10. The van der Waals surface area contributed by atoms with Gasteiger partial charge in [-0.1, -0.05) is 0 Å². The van der Waals surface area contributed by atoms with Gasteiger partial charge in [-0.05, 0) is 0 Å². The number of nitrogens with zero attached hydrogens (tertiary/aromatic N) is 3. The lowest BCUT2D eigenvalue weighted by Gasteiger charge is -2.26. The molecule has 1 fully saturated rings. The van der Waals surface area contributed by atoms with Crippen molar-refractivity contribution in [3.05, 3.63) is 41.3 Å². The summed E-state index contributed by atoms with van der Waals surface area (Å²) in [5.41, 5.74) is 1.39. The fraction of sp³-hybridized carbons (Fsp3) is 0.412. The molecule has 3 rings (SSSR count). The number of hydrogen-bond donors (Lipinski definition) is 4. The fourth-order valence-electron chi connectivity index (χ4n) is 2.67. The van der Waals surface area contributed by atoms with Gasteiger partial charge in [0.2, 0.25) is 0 Å². The van der Waals surface area contributed by atoms with E-state index < -0.39 is 5.97 Å². The van der Waals surface area contributed by atoms with Crippen LogP contribution in [0.3, 0.4) is 0 Å². The Bertz CT molecular complexity index is 777. The van der Waals surface area contributed by atoms with Crippen molar-refractivity contribution in [1.29, 1.82) is 5.26 Å². The van der Waals surface area contributed by atoms with Crippen LogP contribution in [0.4, 0.5) is 5.82 Å². The third-order valence-electron chi connectivity index (χ3n) is 4.05. The predicted molar refractivity (Wildman–Crippen MR) is 96.1 cm³/mol. The summed E-state index contributed by atoms with van der Waals surface area (Å²) in [6, 6.07) is 1.92. The van der Waals surface area contributed by atoms with Gasteiger partial charge >= 0.3 is 5.97 Å². The molecule has 4 N–H and O–H groups in total. The van der Waals surface area contributed by atoms with Crippen LogP contribution in [0.1, 0.15) is 5.69 Å². The summed E-state index contributed by atoms with van der Waals surface area (Å²) in [5, 5.41) is 21.5. The molecule has 0 saturated carbocycles. The van der Waals surface area contributed by atoms with Crippen molar-refractivity contribution in [3.63, 3.8) is 0 Å². The van der Waals surface area contributed by atoms with Gasteiger partial charge in [0.15, 0.2) is 5.69 Å². The maximum atomic E-state index is 12.1. The Kier molecular flexibility index (Phi) is 6.19. The van der Waals surface area contributed by atoms with Gasteiger partial charge in [-0.2, -0.15) is 5.26 Å². The van der Waals surface area contributed by atoms with E-state index in [9.17, 15) is 4.79 Å². The van der Waals surface area contributed by atoms with Crippen LogP contribution in [-0.2, 0) is 14.3 Å². The van der Waals surface area contributed by atoms with Crippen molar-refractivity contribution >= 4 is 11.8 Å². The van der Waals surface area contributed by atoms with Gasteiger partial charge < -0.3 is 30.7 Å². The van der Waals surface area contributed by atoms with E-state index in [-0.39, 0.29) is 11.8 Å². The van der Waals surface area contributed by atoms with E-state index in [4.69, 9.17) is 14.7 Å². The molecule has 27 heavy (non-hydrogen) atoms. The van der Waals surface area contributed by atoms with Gasteiger partial charge in [0.1, 0.15) is 17.7 Å². The summed E-state index contributed by atoms with van der Waals surface area (Å²) in [6.45, 7) is 3.11. The molecule has 1 aromatic rings. The molecule has 2 aliphatic heterocycles. The number of anilines is 1. The third-order valence-corrected chi connectivity index (χ3v) is 4.05. The summed E-state index contributed by atoms with van der Waals surface area (Å²) in [5.74, 6) is 0.724. The highest BCUT2D eigenvalue weighted by molar-refractivity contribution is 5.90. The Hall–Kier alpha value is -3.16. The molecule has 1 atom stereocenters. The molecule has 0 bridgehead atoms. The molecule has 10 heteroatoms. The van der Waals surface area contributed by atoms with Crippen molar-refractivity contribution in [2.75, 3.05) is 45.2 Å². The average Bonchev–Trinajstić information content (AvgIpc) is 2.73. The van der Waals surface area contributed by atoms with E-state index in [1.165, 1.54) is 19.5 Å². The normalized spacial score (nSPS) is 19.4. The lowest BCUT2D eigenvalue weighted by Crippen LogP contribution is -2.44. The zero-order valence-electron chi connectivity index (χ0n) is 14.9. The third kappa shape index (κ3) is 4.93. The summed E-state index contributed by atoms with van der Waals surface area (Å²) in [6.07, 6.45) is 4.64. The molecule has 0 aromatic carbocycles. The minimum absolute atomic E-state index is 0.0224. The van der Waals surface area contributed by atoms with Crippen LogP contribution < -0.4 is 21.3 Å². The zero-order chi connectivity index (χ0) is 19.1. The average molecular weight is 371 g/mol. The van der Waals surface area contributed by atoms with Gasteiger partial charge in [0, 0.05) is 25.7 Å². The molecule has 0 unspecified atom stereocenters. The van der Waals surface area contributed by atoms with Crippen molar-refractivity contribution in [1.82, 2.24) is 25.9 Å². The Labute approximate surface area is 156 Å². The van der Waals surface area contributed by atoms with E-state index in [0.717, 1.165) is 13.1 Å². The number of dihydropyridines is 1. The molecular formula is C17H21N7O3. The number of esters is 1. The topological polar surface area (TPSA) is 133 Å². The molecular weight excluding hydrogens is 350 g/mol. The highest BCUT2D eigenvalue weighted by Gasteiger charge is 2.21. The number of carbonyl (C=O) groups excluding carboxylic acids is 1. The second-order valence-electron chi connectivity index (χ2n) is 5.90. The highest BCUT2D eigenvalue weighted by Crippen LogP contribution is 2.15. The second kappa shape index (κ2) is 8.98. The minimum atomic E-state index is -0.402. The molecule has 0 aliphatic carbocycles. The molecule has 0 amide bonds. The number of rotatable bonds is 6. The second-order valence-corrected chi connectivity index (χ2v) is 5.90. The number of nitrogens with one attached hydrogen (secondary N) is 4. The first-order valence-electron chi connectivity index (χ1n) is 8.52. The van der Waals surface area contributed by atoms with E-state index in [1.54, 1.807) is 6.08 Å². The van der Waals surface area contributed by atoms with Crippen molar-refractivity contribution in [3.8, 4) is 6.07 Å².